The van der Waals surface area contributed by atoms with Crippen LogP contribution in [0.15, 0.2) is 36.4 Å². The molecule has 30 heavy (non-hydrogen) atoms. The summed E-state index contributed by atoms with van der Waals surface area (Å²) in [5, 5.41) is 5.73. The molecule has 0 saturated carbocycles. The molecule has 0 aliphatic heterocycles. The monoisotopic (exact) mass is 429 g/mol. The van der Waals surface area contributed by atoms with E-state index >= 15 is 0 Å². The Morgan fingerprint density at radius 1 is 1.03 bits per heavy atom. The number of hydrogen-bond donors (Lipinski definition) is 2. The molecular formula is C22H21F2N3O2S. The summed E-state index contributed by atoms with van der Waals surface area (Å²) in [6.07, 6.45) is 0. The highest BCUT2D eigenvalue weighted by atomic mass is 32.1. The minimum absolute atomic E-state index is 0.137. The predicted octanol–water partition coefficient (Wildman–Crippen LogP) is 4.23. The van der Waals surface area contributed by atoms with Crippen LogP contribution in [0.5, 0.6) is 0 Å². The molecule has 1 atom stereocenters. The fourth-order valence-electron chi connectivity index (χ4n) is 3.11. The van der Waals surface area contributed by atoms with Crippen LogP contribution in [0, 0.1) is 32.4 Å². The van der Waals surface area contributed by atoms with Crippen LogP contribution < -0.4 is 10.6 Å². The molecule has 8 heteroatoms. The lowest BCUT2D eigenvalue weighted by Gasteiger charge is -2.17. The van der Waals surface area contributed by atoms with Gasteiger partial charge in [-0.25, -0.2) is 13.8 Å². The van der Waals surface area contributed by atoms with Gasteiger partial charge in [0.05, 0.1) is 5.69 Å². The molecule has 0 bridgehead atoms. The van der Waals surface area contributed by atoms with Crippen molar-refractivity contribution in [1.29, 1.82) is 0 Å². The number of rotatable bonds is 5. The number of carbonyl (C=O) groups is 2. The molecule has 2 N–H and O–H groups in total. The van der Waals surface area contributed by atoms with Gasteiger partial charge in [-0.3, -0.25) is 9.59 Å². The van der Waals surface area contributed by atoms with Gasteiger partial charge in [-0.15, -0.1) is 11.3 Å². The van der Waals surface area contributed by atoms with E-state index in [2.05, 4.69) is 15.6 Å². The molecule has 1 heterocycles. The molecule has 0 radical (unpaired) electrons. The van der Waals surface area contributed by atoms with Crippen LogP contribution in [0.3, 0.4) is 0 Å². The van der Waals surface area contributed by atoms with Crippen LogP contribution in [0.25, 0.3) is 10.6 Å². The van der Waals surface area contributed by atoms with Crippen LogP contribution in [-0.4, -0.2) is 23.8 Å². The zero-order valence-electron chi connectivity index (χ0n) is 17.0. The van der Waals surface area contributed by atoms with Crippen molar-refractivity contribution in [3.63, 3.8) is 0 Å². The summed E-state index contributed by atoms with van der Waals surface area (Å²) in [5.41, 5.74) is 3.76. The molecule has 0 saturated heterocycles. The van der Waals surface area contributed by atoms with Gasteiger partial charge in [0.2, 0.25) is 5.91 Å². The maximum Gasteiger partial charge on any atom is 0.264 e. The second-order valence-electron chi connectivity index (χ2n) is 6.95. The Morgan fingerprint density at radius 3 is 2.40 bits per heavy atom. The van der Waals surface area contributed by atoms with E-state index in [1.165, 1.54) is 24.5 Å². The molecular weight excluding hydrogens is 408 g/mol. The van der Waals surface area contributed by atoms with Crippen LogP contribution in [-0.2, 0) is 4.79 Å². The molecule has 2 aromatic carbocycles. The molecule has 0 fully saturated rings. The Kier molecular flexibility index (Phi) is 6.26. The number of aromatic nitrogens is 1. The quantitative estimate of drug-likeness (QED) is 0.638. The first kappa shape index (κ1) is 21.6. The van der Waals surface area contributed by atoms with E-state index in [9.17, 15) is 18.4 Å². The van der Waals surface area contributed by atoms with E-state index in [0.29, 0.717) is 15.6 Å². The van der Waals surface area contributed by atoms with Crippen LogP contribution in [0.1, 0.15) is 38.1 Å². The topological polar surface area (TPSA) is 71.1 Å². The number of halogens is 2. The second-order valence-corrected chi connectivity index (χ2v) is 7.95. The fourth-order valence-corrected chi connectivity index (χ4v) is 4.17. The van der Waals surface area contributed by atoms with Gasteiger partial charge < -0.3 is 10.6 Å². The van der Waals surface area contributed by atoms with Crippen molar-refractivity contribution in [2.45, 2.75) is 26.8 Å². The number of nitrogens with one attached hydrogen (secondary N) is 2. The van der Waals surface area contributed by atoms with Crippen molar-refractivity contribution < 1.29 is 18.4 Å². The molecule has 2 amide bonds. The van der Waals surface area contributed by atoms with Crippen molar-refractivity contribution in [3.8, 4) is 10.6 Å². The maximum atomic E-state index is 13.7. The lowest BCUT2D eigenvalue weighted by Crippen LogP contribution is -2.39. The minimum Gasteiger partial charge on any atom is -0.357 e. The first-order valence-corrected chi connectivity index (χ1v) is 10.1. The van der Waals surface area contributed by atoms with E-state index in [1.54, 1.807) is 6.92 Å². The fraction of sp³-hybridized carbons (Fsp3) is 0.227. The van der Waals surface area contributed by atoms with Crippen molar-refractivity contribution in [1.82, 2.24) is 15.6 Å². The molecule has 1 aromatic heterocycles. The molecule has 0 aliphatic rings. The van der Waals surface area contributed by atoms with Gasteiger partial charge in [-0.05, 0) is 44.0 Å². The molecule has 3 aromatic rings. The van der Waals surface area contributed by atoms with E-state index < -0.39 is 29.5 Å². The molecule has 1 unspecified atom stereocenters. The number of hydrogen-bond acceptors (Lipinski definition) is 4. The number of nitrogens with zero attached hydrogens (tertiary/aromatic N) is 1. The first-order valence-electron chi connectivity index (χ1n) is 9.23. The average Bonchev–Trinajstić information content (AvgIpc) is 3.09. The van der Waals surface area contributed by atoms with Crippen LogP contribution in [0.2, 0.25) is 0 Å². The third kappa shape index (κ3) is 4.38. The number of thiazole rings is 1. The summed E-state index contributed by atoms with van der Waals surface area (Å²) in [4.78, 5) is 30.1. The van der Waals surface area contributed by atoms with Gasteiger partial charge >= 0.3 is 0 Å². The summed E-state index contributed by atoms with van der Waals surface area (Å²) < 4.78 is 26.9. The Bertz CT molecular complexity index is 1130. The van der Waals surface area contributed by atoms with E-state index in [0.717, 1.165) is 28.8 Å². The van der Waals surface area contributed by atoms with Gasteiger partial charge in [0, 0.05) is 12.6 Å². The Morgan fingerprint density at radius 2 is 1.77 bits per heavy atom. The van der Waals surface area contributed by atoms with Crippen LogP contribution >= 0.6 is 11.3 Å². The third-order valence-electron chi connectivity index (χ3n) is 4.68. The third-order valence-corrected chi connectivity index (χ3v) is 5.87. The number of likely N-dealkylation sites (N-methyl/N-ethyl adjacent to an activating group) is 1. The smallest absolute Gasteiger partial charge is 0.264 e. The molecule has 3 rings (SSSR count). The SMILES string of the molecule is CNC(=O)C(NC(=O)c1sc(-c2ccc(C)cc2C)nc1C)c1ccc(F)c(F)c1. The first-order chi connectivity index (χ1) is 14.2. The van der Waals surface area contributed by atoms with Gasteiger partial charge in [0.1, 0.15) is 15.9 Å². The largest absolute Gasteiger partial charge is 0.357 e. The number of carbonyl (C=O) groups excluding carboxylic acids is 2. The van der Waals surface area contributed by atoms with Gasteiger partial charge in [0.15, 0.2) is 11.6 Å². The second kappa shape index (κ2) is 8.71. The average molecular weight is 429 g/mol. The van der Waals surface area contributed by atoms with Crippen molar-refractivity contribution >= 4 is 23.2 Å². The van der Waals surface area contributed by atoms with Crippen molar-refractivity contribution in [2.75, 3.05) is 7.05 Å². The number of aryl methyl sites for hydroxylation is 3. The highest BCUT2D eigenvalue weighted by Gasteiger charge is 2.26. The summed E-state index contributed by atoms with van der Waals surface area (Å²) in [6, 6.07) is 7.88. The highest BCUT2D eigenvalue weighted by molar-refractivity contribution is 7.17. The molecule has 0 spiro atoms. The Balaban J connectivity index is 1.92. The number of benzene rings is 2. The summed E-state index contributed by atoms with van der Waals surface area (Å²) in [7, 11) is 1.40. The predicted molar refractivity (Wildman–Crippen MR) is 112 cm³/mol. The summed E-state index contributed by atoms with van der Waals surface area (Å²) >= 11 is 1.21. The van der Waals surface area contributed by atoms with Gasteiger partial charge in [-0.1, -0.05) is 29.8 Å². The lowest BCUT2D eigenvalue weighted by molar-refractivity contribution is -0.122. The summed E-state index contributed by atoms with van der Waals surface area (Å²) in [5.74, 6) is -3.19. The molecule has 5 nitrogen and oxygen atoms in total. The van der Waals surface area contributed by atoms with Crippen molar-refractivity contribution in [2.24, 2.45) is 0 Å². The maximum absolute atomic E-state index is 13.7. The molecule has 156 valence electrons. The zero-order valence-corrected chi connectivity index (χ0v) is 17.8. The summed E-state index contributed by atoms with van der Waals surface area (Å²) in [6.45, 7) is 5.69. The van der Waals surface area contributed by atoms with Gasteiger partial charge in [0.25, 0.3) is 5.91 Å². The van der Waals surface area contributed by atoms with E-state index in [-0.39, 0.29) is 5.56 Å². The highest BCUT2D eigenvalue weighted by Crippen LogP contribution is 2.31. The Hall–Kier alpha value is -3.13. The lowest BCUT2D eigenvalue weighted by atomic mass is 10.1. The number of amides is 2. The normalized spacial score (nSPS) is 11.8. The standard InChI is InChI=1S/C22H21F2N3O2S/c1-11-5-7-15(12(2)9-11)22-26-13(3)19(30-22)21(29)27-18(20(28)25-4)14-6-8-16(23)17(24)10-14/h5-10,18H,1-4H3,(H,25,28)(H,27,29). The Labute approximate surface area is 177 Å². The molecule has 0 aliphatic carbocycles. The van der Waals surface area contributed by atoms with E-state index in [4.69, 9.17) is 0 Å². The van der Waals surface area contributed by atoms with Crippen molar-refractivity contribution in [3.05, 3.63) is 75.3 Å². The van der Waals surface area contributed by atoms with Gasteiger partial charge in [-0.2, -0.15) is 0 Å². The van der Waals surface area contributed by atoms with E-state index in [1.807, 2.05) is 32.0 Å². The minimum atomic E-state index is -1.18. The van der Waals surface area contributed by atoms with Crippen LogP contribution in [0.4, 0.5) is 8.78 Å². The zero-order chi connectivity index (χ0) is 22.0.